The Morgan fingerprint density at radius 3 is 2.69 bits per heavy atom. The molecule has 0 radical (unpaired) electrons. The van der Waals surface area contributed by atoms with E-state index < -0.39 is 0 Å². The smallest absolute Gasteiger partial charge is 0.327 e. The molecule has 5 rings (SSSR count). The highest BCUT2D eigenvalue weighted by Crippen LogP contribution is 2.28. The number of nitrogens with zero attached hydrogens (tertiary/aromatic N) is 3. The Labute approximate surface area is 167 Å². The van der Waals surface area contributed by atoms with Crippen molar-refractivity contribution in [1.82, 2.24) is 24.5 Å². The van der Waals surface area contributed by atoms with Gasteiger partial charge in [0.1, 0.15) is 5.65 Å². The van der Waals surface area contributed by atoms with Crippen LogP contribution in [0.1, 0.15) is 25.3 Å². The second kappa shape index (κ2) is 7.00. The number of ether oxygens (including phenoxy) is 1. The Hall–Kier alpha value is -3.19. The molecule has 1 saturated heterocycles. The summed E-state index contributed by atoms with van der Waals surface area (Å²) in [5, 5.41) is 1.03. The Kier molecular flexibility index (Phi) is 4.32. The molecular weight excluding hydrogens is 366 g/mol. The van der Waals surface area contributed by atoms with Gasteiger partial charge in [-0.2, -0.15) is 0 Å². The Morgan fingerprint density at radius 1 is 1.21 bits per heavy atom. The number of H-pyrrole nitrogens is 2. The Morgan fingerprint density at radius 2 is 1.93 bits per heavy atom. The van der Waals surface area contributed by atoms with Gasteiger partial charge in [0.05, 0.1) is 5.52 Å². The highest BCUT2D eigenvalue weighted by atomic mass is 16.5. The standard InChI is InChI=1S/C22H23N5O2/c1-13(2)18-11-25-20-17(18)7-15(9-23-20)16-8-19-21(24-10-16)26-22(28)27(19)12-14-3-5-29-6-4-14/h7-11,14H,1,3-6,12H2,2H3,(H,23,25)(H,24,26,28). The van der Waals surface area contributed by atoms with E-state index in [1.54, 1.807) is 6.20 Å². The average molecular weight is 389 g/mol. The minimum atomic E-state index is -0.111. The second-order valence-corrected chi connectivity index (χ2v) is 7.79. The van der Waals surface area contributed by atoms with Gasteiger partial charge in [-0.25, -0.2) is 14.8 Å². The van der Waals surface area contributed by atoms with Crippen LogP contribution in [0.4, 0.5) is 0 Å². The summed E-state index contributed by atoms with van der Waals surface area (Å²) in [7, 11) is 0. The molecule has 1 aliphatic rings. The highest BCUT2D eigenvalue weighted by molar-refractivity contribution is 5.92. The molecule has 0 unspecified atom stereocenters. The number of pyridine rings is 2. The largest absolute Gasteiger partial charge is 0.381 e. The average Bonchev–Trinajstić information content (AvgIpc) is 3.29. The molecule has 7 nitrogen and oxygen atoms in total. The third-order valence-corrected chi connectivity index (χ3v) is 5.73. The minimum absolute atomic E-state index is 0.111. The van der Waals surface area contributed by atoms with Crippen LogP contribution >= 0.6 is 0 Å². The fraction of sp³-hybridized carbons (Fsp3) is 0.318. The zero-order valence-electron chi connectivity index (χ0n) is 16.4. The van der Waals surface area contributed by atoms with Gasteiger partial charge in [0.25, 0.3) is 0 Å². The number of fused-ring (bicyclic) bond motifs is 2. The van der Waals surface area contributed by atoms with Crippen molar-refractivity contribution < 1.29 is 4.74 Å². The van der Waals surface area contributed by atoms with E-state index in [9.17, 15) is 4.79 Å². The summed E-state index contributed by atoms with van der Waals surface area (Å²) in [5.74, 6) is 0.445. The van der Waals surface area contributed by atoms with Crippen molar-refractivity contribution in [3.05, 3.63) is 53.3 Å². The first-order chi connectivity index (χ1) is 14.1. The van der Waals surface area contributed by atoms with Crippen molar-refractivity contribution in [1.29, 1.82) is 0 Å². The van der Waals surface area contributed by atoms with Crippen LogP contribution in [0.3, 0.4) is 0 Å². The quantitative estimate of drug-likeness (QED) is 0.557. The monoisotopic (exact) mass is 389 g/mol. The van der Waals surface area contributed by atoms with Crippen molar-refractivity contribution in [3.8, 4) is 11.1 Å². The molecule has 148 valence electrons. The molecule has 0 aromatic carbocycles. The summed E-state index contributed by atoms with van der Waals surface area (Å²) < 4.78 is 7.25. The number of rotatable bonds is 4. The van der Waals surface area contributed by atoms with E-state index in [1.165, 1.54) is 0 Å². The van der Waals surface area contributed by atoms with Crippen LogP contribution in [0.25, 0.3) is 38.9 Å². The van der Waals surface area contributed by atoms with Crippen LogP contribution in [0, 0.1) is 5.92 Å². The number of hydrogen-bond donors (Lipinski definition) is 2. The lowest BCUT2D eigenvalue weighted by Gasteiger charge is -2.22. The normalized spacial score (nSPS) is 15.3. The predicted octanol–water partition coefficient (Wildman–Crippen LogP) is 3.73. The lowest BCUT2D eigenvalue weighted by Crippen LogP contribution is -2.25. The van der Waals surface area contributed by atoms with E-state index in [0.29, 0.717) is 18.1 Å². The zero-order chi connectivity index (χ0) is 20.0. The van der Waals surface area contributed by atoms with Crippen LogP contribution in [0.2, 0.25) is 0 Å². The summed E-state index contributed by atoms with van der Waals surface area (Å²) in [6.45, 7) is 8.24. The molecule has 0 bridgehead atoms. The molecule has 1 fully saturated rings. The first kappa shape index (κ1) is 17.9. The van der Waals surface area contributed by atoms with Crippen LogP contribution in [0.15, 0.2) is 42.1 Å². The van der Waals surface area contributed by atoms with E-state index in [1.807, 2.05) is 30.0 Å². The fourth-order valence-corrected chi connectivity index (χ4v) is 4.07. The van der Waals surface area contributed by atoms with Crippen LogP contribution in [0.5, 0.6) is 0 Å². The van der Waals surface area contributed by atoms with E-state index in [2.05, 4.69) is 32.6 Å². The molecule has 0 saturated carbocycles. The number of nitrogens with one attached hydrogen (secondary N) is 2. The Balaban J connectivity index is 1.58. The van der Waals surface area contributed by atoms with Crippen molar-refractivity contribution in [2.75, 3.05) is 13.2 Å². The van der Waals surface area contributed by atoms with Gasteiger partial charge in [-0.05, 0) is 43.4 Å². The molecular formula is C22H23N5O2. The van der Waals surface area contributed by atoms with Gasteiger partial charge < -0.3 is 9.72 Å². The van der Waals surface area contributed by atoms with Gasteiger partial charge in [-0.15, -0.1) is 0 Å². The number of allylic oxidation sites excluding steroid dienone is 1. The van der Waals surface area contributed by atoms with Crippen LogP contribution in [-0.2, 0) is 11.3 Å². The van der Waals surface area contributed by atoms with Gasteiger partial charge in [-0.3, -0.25) is 9.55 Å². The van der Waals surface area contributed by atoms with Crippen LogP contribution < -0.4 is 5.69 Å². The molecule has 5 heterocycles. The van der Waals surface area contributed by atoms with Crippen molar-refractivity contribution in [2.24, 2.45) is 5.92 Å². The third-order valence-electron chi connectivity index (χ3n) is 5.73. The van der Waals surface area contributed by atoms with Crippen molar-refractivity contribution >= 4 is 27.8 Å². The number of hydrogen-bond acceptors (Lipinski definition) is 4. The number of imidazole rings is 1. The second-order valence-electron chi connectivity index (χ2n) is 7.79. The minimum Gasteiger partial charge on any atom is -0.381 e. The molecule has 0 amide bonds. The summed E-state index contributed by atoms with van der Waals surface area (Å²) in [6.07, 6.45) is 7.50. The maximum atomic E-state index is 12.5. The van der Waals surface area contributed by atoms with Gasteiger partial charge in [0, 0.05) is 60.4 Å². The molecule has 2 N–H and O–H groups in total. The molecule has 1 aliphatic heterocycles. The molecule has 0 spiro atoms. The van der Waals surface area contributed by atoms with Gasteiger partial charge in [-0.1, -0.05) is 6.58 Å². The summed E-state index contributed by atoms with van der Waals surface area (Å²) in [4.78, 5) is 27.6. The first-order valence-corrected chi connectivity index (χ1v) is 9.90. The van der Waals surface area contributed by atoms with Crippen molar-refractivity contribution in [3.63, 3.8) is 0 Å². The maximum Gasteiger partial charge on any atom is 0.327 e. The predicted molar refractivity (Wildman–Crippen MR) is 114 cm³/mol. The van der Waals surface area contributed by atoms with E-state index in [-0.39, 0.29) is 5.69 Å². The summed E-state index contributed by atoms with van der Waals surface area (Å²) in [5.41, 5.74) is 6.10. The van der Waals surface area contributed by atoms with Gasteiger partial charge in [0.2, 0.25) is 0 Å². The van der Waals surface area contributed by atoms with Gasteiger partial charge in [0.15, 0.2) is 5.65 Å². The van der Waals surface area contributed by atoms with E-state index in [4.69, 9.17) is 4.74 Å². The lowest BCUT2D eigenvalue weighted by molar-refractivity contribution is 0.0613. The number of aromatic amines is 2. The molecule has 4 aromatic rings. The highest BCUT2D eigenvalue weighted by Gasteiger charge is 2.18. The SMILES string of the molecule is C=C(C)c1c[nH]c2ncc(-c3cnc4[nH]c(=O)n(CC5CCOCC5)c4c3)cc12. The maximum absolute atomic E-state index is 12.5. The molecule has 0 aliphatic carbocycles. The van der Waals surface area contributed by atoms with E-state index in [0.717, 1.165) is 64.9 Å². The first-order valence-electron chi connectivity index (χ1n) is 9.90. The number of aromatic nitrogens is 5. The topological polar surface area (TPSA) is 88.6 Å². The zero-order valence-corrected chi connectivity index (χ0v) is 16.4. The van der Waals surface area contributed by atoms with E-state index >= 15 is 0 Å². The van der Waals surface area contributed by atoms with Gasteiger partial charge >= 0.3 is 5.69 Å². The molecule has 0 atom stereocenters. The molecule has 29 heavy (non-hydrogen) atoms. The van der Waals surface area contributed by atoms with Crippen LogP contribution in [-0.4, -0.2) is 37.7 Å². The summed E-state index contributed by atoms with van der Waals surface area (Å²) >= 11 is 0. The lowest BCUT2D eigenvalue weighted by atomic mass is 10.0. The fourth-order valence-electron chi connectivity index (χ4n) is 4.07. The summed E-state index contributed by atoms with van der Waals surface area (Å²) in [6, 6.07) is 4.12. The Bertz CT molecular complexity index is 1270. The third kappa shape index (κ3) is 3.17. The molecule has 4 aromatic heterocycles. The van der Waals surface area contributed by atoms with Crippen molar-refractivity contribution in [2.45, 2.75) is 26.3 Å². The molecule has 7 heteroatoms.